The summed E-state index contributed by atoms with van der Waals surface area (Å²) in [4.78, 5) is 12.7. The smallest absolute Gasteiger partial charge is 0.160 e. The number of benzene rings is 1. The number of nitrogens with two attached hydrogens (primary N) is 1. The van der Waals surface area contributed by atoms with Crippen LogP contribution in [-0.2, 0) is 10.3 Å². The largest absolute Gasteiger partial charge is 0.330 e. The Kier molecular flexibility index (Phi) is 5.53. The Bertz CT molecular complexity index is 423. The van der Waals surface area contributed by atoms with E-state index in [4.69, 9.17) is 5.73 Å². The molecular formula is C15H23ClN2O. The van der Waals surface area contributed by atoms with Crippen molar-refractivity contribution >= 4 is 18.2 Å². The van der Waals surface area contributed by atoms with E-state index in [1.165, 1.54) is 0 Å². The van der Waals surface area contributed by atoms with E-state index in [1.807, 2.05) is 44.2 Å². The molecule has 0 bridgehead atoms. The lowest BCUT2D eigenvalue weighted by molar-refractivity contribution is -0.126. The second kappa shape index (κ2) is 6.51. The van der Waals surface area contributed by atoms with Crippen LogP contribution in [0.1, 0.15) is 25.8 Å². The molecule has 3 nitrogen and oxygen atoms in total. The molecule has 1 aliphatic rings. The number of likely N-dealkylation sites (N-methyl/N-ethyl adjacent to an activating group) is 1. The molecule has 1 saturated carbocycles. The highest BCUT2D eigenvalue weighted by Crippen LogP contribution is 2.43. The number of nitrogens with one attached hydrogen (secondary N) is 1. The molecule has 1 aromatic carbocycles. The van der Waals surface area contributed by atoms with Crippen LogP contribution in [0.2, 0.25) is 0 Å². The van der Waals surface area contributed by atoms with Gasteiger partial charge in [0.25, 0.3) is 0 Å². The zero-order chi connectivity index (χ0) is 13.2. The number of carbonyl (C=O) groups is 1. The third kappa shape index (κ3) is 3.16. The summed E-state index contributed by atoms with van der Waals surface area (Å²) in [5.41, 5.74) is 6.11. The molecule has 106 valence electrons. The van der Waals surface area contributed by atoms with E-state index in [9.17, 15) is 4.79 Å². The molecule has 19 heavy (non-hydrogen) atoms. The average molecular weight is 283 g/mol. The summed E-state index contributed by atoms with van der Waals surface area (Å²) in [5.74, 6) is 0.810. The van der Waals surface area contributed by atoms with Gasteiger partial charge in [-0.15, -0.1) is 12.4 Å². The molecule has 3 N–H and O–H groups in total. The van der Waals surface area contributed by atoms with Crippen LogP contribution in [0.4, 0.5) is 0 Å². The molecule has 0 radical (unpaired) electrons. The summed E-state index contributed by atoms with van der Waals surface area (Å²) in [6.07, 6.45) is 0.948. The van der Waals surface area contributed by atoms with E-state index < -0.39 is 5.54 Å². The van der Waals surface area contributed by atoms with Crippen molar-refractivity contribution in [3.05, 3.63) is 35.9 Å². The van der Waals surface area contributed by atoms with Crippen LogP contribution >= 0.6 is 12.4 Å². The molecule has 1 fully saturated rings. The van der Waals surface area contributed by atoms with Gasteiger partial charge in [-0.2, -0.15) is 0 Å². The normalized spacial score (nSPS) is 24.2. The Morgan fingerprint density at radius 3 is 2.53 bits per heavy atom. The van der Waals surface area contributed by atoms with Crippen molar-refractivity contribution in [1.82, 2.24) is 5.32 Å². The predicted molar refractivity (Wildman–Crippen MR) is 80.4 cm³/mol. The summed E-state index contributed by atoms with van der Waals surface area (Å²) >= 11 is 0. The van der Waals surface area contributed by atoms with Gasteiger partial charge < -0.3 is 11.1 Å². The molecular weight excluding hydrogens is 260 g/mol. The summed E-state index contributed by atoms with van der Waals surface area (Å²) in [7, 11) is 0. The van der Waals surface area contributed by atoms with Gasteiger partial charge in [-0.25, -0.2) is 0 Å². The molecule has 1 aromatic rings. The van der Waals surface area contributed by atoms with Gasteiger partial charge in [0, 0.05) is 5.92 Å². The van der Waals surface area contributed by atoms with Crippen molar-refractivity contribution in [2.45, 2.75) is 25.8 Å². The van der Waals surface area contributed by atoms with Crippen LogP contribution in [-0.4, -0.2) is 18.9 Å². The molecule has 0 amide bonds. The lowest BCUT2D eigenvalue weighted by atomic mass is 9.84. The summed E-state index contributed by atoms with van der Waals surface area (Å²) in [5, 5.41) is 3.35. The number of hydrogen-bond acceptors (Lipinski definition) is 3. The van der Waals surface area contributed by atoms with Crippen LogP contribution in [0.25, 0.3) is 0 Å². The zero-order valence-electron chi connectivity index (χ0n) is 11.6. The van der Waals surface area contributed by atoms with Gasteiger partial charge in [0.2, 0.25) is 0 Å². The Morgan fingerprint density at radius 2 is 2.05 bits per heavy atom. The lowest BCUT2D eigenvalue weighted by Gasteiger charge is -2.30. The second-order valence-electron chi connectivity index (χ2n) is 5.22. The summed E-state index contributed by atoms with van der Waals surface area (Å²) in [6, 6.07) is 9.96. The quantitative estimate of drug-likeness (QED) is 0.840. The topological polar surface area (TPSA) is 55.1 Å². The fourth-order valence-corrected chi connectivity index (χ4v) is 2.66. The van der Waals surface area contributed by atoms with Gasteiger partial charge >= 0.3 is 0 Å². The van der Waals surface area contributed by atoms with Crippen molar-refractivity contribution in [3.63, 3.8) is 0 Å². The molecule has 3 unspecified atom stereocenters. The van der Waals surface area contributed by atoms with Crippen LogP contribution in [0.15, 0.2) is 30.3 Å². The van der Waals surface area contributed by atoms with Crippen molar-refractivity contribution < 1.29 is 4.79 Å². The van der Waals surface area contributed by atoms with E-state index in [2.05, 4.69) is 5.32 Å². The van der Waals surface area contributed by atoms with Gasteiger partial charge in [0.15, 0.2) is 5.78 Å². The maximum atomic E-state index is 12.7. The third-order valence-electron chi connectivity index (χ3n) is 3.94. The number of ketones is 1. The molecule has 0 heterocycles. The maximum Gasteiger partial charge on any atom is 0.160 e. The molecule has 1 aliphatic carbocycles. The van der Waals surface area contributed by atoms with E-state index in [0.717, 1.165) is 18.5 Å². The van der Waals surface area contributed by atoms with E-state index in [-0.39, 0.29) is 24.1 Å². The minimum atomic E-state index is -0.579. The summed E-state index contributed by atoms with van der Waals surface area (Å²) in [6.45, 7) is 5.41. The molecule has 3 atom stereocenters. The van der Waals surface area contributed by atoms with Crippen molar-refractivity contribution in [1.29, 1.82) is 0 Å². The standard InChI is InChI=1S/C15H22N2O.ClH/c1-3-17-15(2,12-7-5-4-6-8-12)14(18)13-9-11(13)10-16;/h4-8,11,13,17H,3,9-10,16H2,1-2H3;1H. The summed E-state index contributed by atoms with van der Waals surface area (Å²) < 4.78 is 0. The van der Waals surface area contributed by atoms with Crippen LogP contribution in [0.3, 0.4) is 0 Å². The first-order valence-electron chi connectivity index (χ1n) is 6.68. The van der Waals surface area contributed by atoms with Crippen LogP contribution in [0.5, 0.6) is 0 Å². The first-order chi connectivity index (χ1) is 8.63. The lowest BCUT2D eigenvalue weighted by Crippen LogP contribution is -2.47. The first-order valence-corrected chi connectivity index (χ1v) is 6.68. The minimum Gasteiger partial charge on any atom is -0.330 e. The maximum absolute atomic E-state index is 12.7. The van der Waals surface area contributed by atoms with Crippen LogP contribution in [0, 0.1) is 11.8 Å². The predicted octanol–water partition coefficient (Wildman–Crippen LogP) is 2.10. The number of rotatable bonds is 6. The first kappa shape index (κ1) is 16.2. The van der Waals surface area contributed by atoms with E-state index in [1.54, 1.807) is 0 Å². The monoisotopic (exact) mass is 282 g/mol. The zero-order valence-corrected chi connectivity index (χ0v) is 12.4. The fraction of sp³-hybridized carbons (Fsp3) is 0.533. The average Bonchev–Trinajstić information content (AvgIpc) is 3.18. The van der Waals surface area contributed by atoms with Crippen LogP contribution < -0.4 is 11.1 Å². The van der Waals surface area contributed by atoms with Gasteiger partial charge in [0.05, 0.1) is 0 Å². The number of halogens is 1. The van der Waals surface area contributed by atoms with Crippen molar-refractivity contribution in [3.8, 4) is 0 Å². The molecule has 0 aliphatic heterocycles. The number of Topliss-reactive ketones (excluding diaryl/α,β-unsaturated/α-hetero) is 1. The number of carbonyl (C=O) groups excluding carboxylic acids is 1. The van der Waals surface area contributed by atoms with E-state index in [0.29, 0.717) is 12.5 Å². The molecule has 2 rings (SSSR count). The van der Waals surface area contributed by atoms with Gasteiger partial charge in [-0.1, -0.05) is 37.3 Å². The Labute approximate surface area is 121 Å². The third-order valence-corrected chi connectivity index (χ3v) is 3.94. The highest BCUT2D eigenvalue weighted by molar-refractivity contribution is 5.93. The van der Waals surface area contributed by atoms with E-state index >= 15 is 0 Å². The van der Waals surface area contributed by atoms with Gasteiger partial charge in [-0.05, 0) is 37.9 Å². The Morgan fingerprint density at radius 1 is 1.42 bits per heavy atom. The Balaban J connectivity index is 0.00000180. The minimum absolute atomic E-state index is 0. The number of hydrogen-bond donors (Lipinski definition) is 2. The highest BCUT2D eigenvalue weighted by atomic mass is 35.5. The van der Waals surface area contributed by atoms with Crippen molar-refractivity contribution in [2.75, 3.05) is 13.1 Å². The molecule has 0 aromatic heterocycles. The second-order valence-corrected chi connectivity index (χ2v) is 5.22. The molecule has 0 spiro atoms. The van der Waals surface area contributed by atoms with Gasteiger partial charge in [-0.3, -0.25) is 4.79 Å². The highest BCUT2D eigenvalue weighted by Gasteiger charge is 2.49. The Hall–Kier alpha value is -0.900. The molecule has 4 heteroatoms. The SMILES string of the molecule is CCNC(C)(C(=O)C1CC1CN)c1ccccc1.Cl. The van der Waals surface area contributed by atoms with Gasteiger partial charge in [0.1, 0.15) is 5.54 Å². The molecule has 0 saturated heterocycles. The van der Waals surface area contributed by atoms with Crippen molar-refractivity contribution in [2.24, 2.45) is 17.6 Å². The fourth-order valence-electron chi connectivity index (χ4n) is 2.66.